The highest BCUT2D eigenvalue weighted by molar-refractivity contribution is 7.98. The number of nitrogens with two attached hydrogens (primary N) is 1. The fourth-order valence-electron chi connectivity index (χ4n) is 1.56. The molecule has 15 heavy (non-hydrogen) atoms. The molecule has 0 saturated heterocycles. The molecule has 0 radical (unpaired) electrons. The van der Waals surface area contributed by atoms with Gasteiger partial charge >= 0.3 is 0 Å². The Hall–Kier alpha value is -0.680. The van der Waals surface area contributed by atoms with Crippen molar-refractivity contribution in [2.75, 3.05) is 19.1 Å². The zero-order valence-corrected chi connectivity index (χ0v) is 10.4. The van der Waals surface area contributed by atoms with Gasteiger partial charge in [-0.05, 0) is 12.7 Å². The van der Waals surface area contributed by atoms with E-state index in [0.717, 1.165) is 30.2 Å². The maximum atomic E-state index is 6.10. The molecule has 0 saturated carbocycles. The van der Waals surface area contributed by atoms with Crippen LogP contribution >= 0.6 is 11.8 Å². The highest BCUT2D eigenvalue weighted by Gasteiger charge is 2.17. The van der Waals surface area contributed by atoms with Crippen molar-refractivity contribution in [1.29, 1.82) is 0 Å². The minimum atomic E-state index is -0.0102. The van der Waals surface area contributed by atoms with Gasteiger partial charge < -0.3 is 10.5 Å². The Morgan fingerprint density at radius 3 is 2.93 bits per heavy atom. The number of aromatic nitrogens is 2. The number of ether oxygens (including phenoxy) is 1. The summed E-state index contributed by atoms with van der Waals surface area (Å²) in [6.07, 6.45) is 4.84. The lowest BCUT2D eigenvalue weighted by Crippen LogP contribution is -2.19. The Morgan fingerprint density at radius 2 is 2.40 bits per heavy atom. The zero-order valence-electron chi connectivity index (χ0n) is 9.56. The number of hydrogen-bond donors (Lipinski definition) is 1. The molecule has 0 spiro atoms. The average molecular weight is 229 g/mol. The third kappa shape index (κ3) is 2.89. The summed E-state index contributed by atoms with van der Waals surface area (Å²) in [5.74, 6) is 1.68. The minimum absolute atomic E-state index is 0.0102. The van der Waals surface area contributed by atoms with Crippen molar-refractivity contribution < 1.29 is 4.74 Å². The first-order chi connectivity index (χ1) is 7.24. The van der Waals surface area contributed by atoms with Crippen molar-refractivity contribution in [3.8, 4) is 5.75 Å². The highest BCUT2D eigenvalue weighted by Crippen LogP contribution is 2.25. The van der Waals surface area contributed by atoms with Gasteiger partial charge in [0, 0.05) is 12.3 Å². The summed E-state index contributed by atoms with van der Waals surface area (Å²) < 4.78 is 7.21. The van der Waals surface area contributed by atoms with Gasteiger partial charge in [-0.2, -0.15) is 16.9 Å². The third-order valence-corrected chi connectivity index (χ3v) is 2.89. The smallest absolute Gasteiger partial charge is 0.161 e. The van der Waals surface area contributed by atoms with Crippen LogP contribution in [0.25, 0.3) is 0 Å². The average Bonchev–Trinajstić information content (AvgIpc) is 2.62. The molecule has 0 aromatic carbocycles. The van der Waals surface area contributed by atoms with Crippen molar-refractivity contribution in [2.24, 2.45) is 5.73 Å². The molecular formula is C10H19N3OS. The van der Waals surface area contributed by atoms with Crippen LogP contribution < -0.4 is 10.5 Å². The molecule has 0 bridgehead atoms. The number of methoxy groups -OCH3 is 1. The topological polar surface area (TPSA) is 53.1 Å². The van der Waals surface area contributed by atoms with Gasteiger partial charge in [-0.15, -0.1) is 0 Å². The second kappa shape index (κ2) is 6.02. The van der Waals surface area contributed by atoms with E-state index in [0.29, 0.717) is 0 Å². The van der Waals surface area contributed by atoms with Crippen LogP contribution in [0.5, 0.6) is 5.75 Å². The standard InChI is InChI=1S/C10H19N3OS/c1-4-5-13-10(8(11)7-15-3)9(14-2)6-12-13/h6,8H,4-5,7,11H2,1-3H3. The van der Waals surface area contributed by atoms with Gasteiger partial charge in [0.15, 0.2) is 5.75 Å². The van der Waals surface area contributed by atoms with Crippen LogP contribution in [0.4, 0.5) is 0 Å². The number of hydrogen-bond acceptors (Lipinski definition) is 4. The molecule has 5 heteroatoms. The second-order valence-electron chi connectivity index (χ2n) is 3.38. The quantitative estimate of drug-likeness (QED) is 0.806. The Kier molecular flexibility index (Phi) is 4.98. The van der Waals surface area contributed by atoms with Crippen LogP contribution in [0.2, 0.25) is 0 Å². The van der Waals surface area contributed by atoms with Gasteiger partial charge in [0.05, 0.1) is 25.0 Å². The van der Waals surface area contributed by atoms with E-state index in [1.807, 2.05) is 10.9 Å². The molecule has 1 aromatic heterocycles. The van der Waals surface area contributed by atoms with E-state index >= 15 is 0 Å². The van der Waals surface area contributed by atoms with Crippen molar-refractivity contribution in [3.05, 3.63) is 11.9 Å². The molecule has 0 amide bonds. The first-order valence-corrected chi connectivity index (χ1v) is 6.48. The molecule has 1 aromatic rings. The summed E-state index contributed by atoms with van der Waals surface area (Å²) in [6.45, 7) is 3.01. The maximum Gasteiger partial charge on any atom is 0.161 e. The predicted molar refractivity (Wildman–Crippen MR) is 64.4 cm³/mol. The summed E-state index contributed by atoms with van der Waals surface area (Å²) in [4.78, 5) is 0. The summed E-state index contributed by atoms with van der Waals surface area (Å²) in [5.41, 5.74) is 7.10. The van der Waals surface area contributed by atoms with Crippen molar-refractivity contribution in [1.82, 2.24) is 9.78 Å². The second-order valence-corrected chi connectivity index (χ2v) is 4.29. The van der Waals surface area contributed by atoms with E-state index in [9.17, 15) is 0 Å². The van der Waals surface area contributed by atoms with Crippen molar-refractivity contribution in [3.63, 3.8) is 0 Å². The van der Waals surface area contributed by atoms with Gasteiger partial charge in [-0.25, -0.2) is 0 Å². The largest absolute Gasteiger partial charge is 0.493 e. The van der Waals surface area contributed by atoms with Gasteiger partial charge in [0.2, 0.25) is 0 Å². The monoisotopic (exact) mass is 229 g/mol. The SMILES string of the molecule is CCCn1ncc(OC)c1C(N)CSC. The van der Waals surface area contributed by atoms with Gasteiger partial charge in [-0.1, -0.05) is 6.92 Å². The van der Waals surface area contributed by atoms with Crippen molar-refractivity contribution >= 4 is 11.8 Å². The Labute approximate surface area is 95.2 Å². The van der Waals surface area contributed by atoms with E-state index in [4.69, 9.17) is 10.5 Å². The Morgan fingerprint density at radius 1 is 1.67 bits per heavy atom. The third-order valence-electron chi connectivity index (χ3n) is 2.20. The predicted octanol–water partition coefficient (Wildman–Crippen LogP) is 1.66. The van der Waals surface area contributed by atoms with E-state index in [-0.39, 0.29) is 6.04 Å². The van der Waals surface area contributed by atoms with Crippen molar-refractivity contribution in [2.45, 2.75) is 25.9 Å². The minimum Gasteiger partial charge on any atom is -0.493 e. The zero-order chi connectivity index (χ0) is 11.3. The molecule has 0 aliphatic rings. The first-order valence-electron chi connectivity index (χ1n) is 5.08. The van der Waals surface area contributed by atoms with Crippen LogP contribution in [-0.2, 0) is 6.54 Å². The summed E-state index contributed by atoms with van der Waals surface area (Å²) in [6, 6.07) is -0.0102. The van der Waals surface area contributed by atoms with E-state index in [2.05, 4.69) is 12.0 Å². The molecule has 2 N–H and O–H groups in total. The summed E-state index contributed by atoms with van der Waals surface area (Å²) in [5, 5.41) is 4.28. The molecule has 4 nitrogen and oxygen atoms in total. The molecule has 1 atom stereocenters. The summed E-state index contributed by atoms with van der Waals surface area (Å²) in [7, 11) is 1.66. The molecule has 1 rings (SSSR count). The normalized spacial score (nSPS) is 12.8. The van der Waals surface area contributed by atoms with Crippen LogP contribution in [0.3, 0.4) is 0 Å². The van der Waals surface area contributed by atoms with Crippen LogP contribution in [0, 0.1) is 0 Å². The molecular weight excluding hydrogens is 210 g/mol. The molecule has 0 fully saturated rings. The summed E-state index contributed by atoms with van der Waals surface area (Å²) >= 11 is 1.73. The first kappa shape index (κ1) is 12.4. The van der Waals surface area contributed by atoms with E-state index in [1.54, 1.807) is 25.1 Å². The fraction of sp³-hybridized carbons (Fsp3) is 0.700. The molecule has 0 aliphatic heterocycles. The van der Waals surface area contributed by atoms with Crippen LogP contribution in [0.15, 0.2) is 6.20 Å². The lowest BCUT2D eigenvalue weighted by molar-refractivity contribution is 0.403. The van der Waals surface area contributed by atoms with E-state index in [1.165, 1.54) is 0 Å². The van der Waals surface area contributed by atoms with Gasteiger partial charge in [0.25, 0.3) is 0 Å². The number of thioether (sulfide) groups is 1. The lowest BCUT2D eigenvalue weighted by atomic mass is 10.2. The maximum absolute atomic E-state index is 6.10. The van der Waals surface area contributed by atoms with Crippen LogP contribution in [0.1, 0.15) is 25.1 Å². The highest BCUT2D eigenvalue weighted by atomic mass is 32.2. The Bertz CT molecular complexity index is 301. The lowest BCUT2D eigenvalue weighted by Gasteiger charge is -2.14. The van der Waals surface area contributed by atoms with Gasteiger partial charge in [-0.3, -0.25) is 4.68 Å². The molecule has 0 aliphatic carbocycles. The van der Waals surface area contributed by atoms with Gasteiger partial charge in [0.1, 0.15) is 0 Å². The Balaban J connectivity index is 2.93. The fourth-order valence-corrected chi connectivity index (χ4v) is 2.07. The number of nitrogens with zero attached hydrogens (tertiary/aromatic N) is 2. The van der Waals surface area contributed by atoms with Crippen LogP contribution in [-0.4, -0.2) is 28.9 Å². The number of rotatable bonds is 6. The molecule has 1 unspecified atom stereocenters. The van der Waals surface area contributed by atoms with E-state index < -0.39 is 0 Å². The molecule has 1 heterocycles. The molecule has 86 valence electrons. The number of aryl methyl sites for hydroxylation is 1.